The number of amides is 2. The van der Waals surface area contributed by atoms with Crippen LogP contribution >= 0.6 is 46.4 Å². The Morgan fingerprint density at radius 1 is 0.552 bits per heavy atom. The Labute approximate surface area is 359 Å². The van der Waals surface area contributed by atoms with Crippen molar-refractivity contribution in [2.75, 3.05) is 23.8 Å². The van der Waals surface area contributed by atoms with Gasteiger partial charge in [-0.25, -0.2) is 10.0 Å². The number of esters is 2. The van der Waals surface area contributed by atoms with Crippen LogP contribution in [0.5, 0.6) is 0 Å². The molecule has 0 spiro atoms. The monoisotopic (exact) mass is 866 g/mol. The molecule has 2 saturated heterocycles. The maximum Gasteiger partial charge on any atom is 0.325 e. The first-order valence-electron chi connectivity index (χ1n) is 19.4. The van der Waals surface area contributed by atoms with Crippen LogP contribution in [0.15, 0.2) is 84.9 Å². The molecule has 0 aliphatic carbocycles. The zero-order valence-electron chi connectivity index (χ0n) is 32.6. The van der Waals surface area contributed by atoms with Gasteiger partial charge in [-0.3, -0.25) is 19.2 Å². The van der Waals surface area contributed by atoms with Crippen molar-refractivity contribution < 1.29 is 28.7 Å². The number of nitrogens with zero attached hydrogens (tertiary/aromatic N) is 2. The normalized spacial score (nSPS) is 21.7. The van der Waals surface area contributed by atoms with Gasteiger partial charge in [-0.2, -0.15) is 0 Å². The lowest BCUT2D eigenvalue weighted by Gasteiger charge is -2.33. The smallest absolute Gasteiger partial charge is 0.325 e. The lowest BCUT2D eigenvalue weighted by Crippen LogP contribution is -2.48. The second kappa shape index (κ2) is 19.3. The first-order valence-corrected chi connectivity index (χ1v) is 20.9. The summed E-state index contributed by atoms with van der Waals surface area (Å²) in [5.41, 5.74) is 3.86. The van der Waals surface area contributed by atoms with Gasteiger partial charge in [-0.1, -0.05) is 133 Å². The van der Waals surface area contributed by atoms with Crippen molar-refractivity contribution in [1.29, 1.82) is 0 Å². The van der Waals surface area contributed by atoms with Gasteiger partial charge in [0.15, 0.2) is 0 Å². The highest BCUT2D eigenvalue weighted by Crippen LogP contribution is 2.56. The van der Waals surface area contributed by atoms with E-state index in [0.717, 1.165) is 24.0 Å². The van der Waals surface area contributed by atoms with E-state index in [2.05, 4.69) is 10.6 Å². The molecule has 2 aliphatic heterocycles. The summed E-state index contributed by atoms with van der Waals surface area (Å²) in [5, 5.41) is 10.4. The van der Waals surface area contributed by atoms with Gasteiger partial charge in [-0.05, 0) is 74.2 Å². The third kappa shape index (κ3) is 9.33. The molecule has 2 fully saturated rings. The lowest BCUT2D eigenvalue weighted by atomic mass is 9.81. The third-order valence-corrected chi connectivity index (χ3v) is 12.0. The van der Waals surface area contributed by atoms with Gasteiger partial charge >= 0.3 is 11.9 Å². The largest absolute Gasteiger partial charge is 0.465 e. The predicted molar refractivity (Wildman–Crippen MR) is 228 cm³/mol. The maximum absolute atomic E-state index is 15.1. The molecule has 4 aromatic rings. The Hall–Kier alpha value is -4.16. The van der Waals surface area contributed by atoms with Gasteiger partial charge in [0.1, 0.15) is 18.0 Å². The number of aryl methyl sites for hydroxylation is 2. The number of rotatable bonds is 14. The quantitative estimate of drug-likeness (QED) is 0.0951. The van der Waals surface area contributed by atoms with E-state index in [9.17, 15) is 14.4 Å². The van der Waals surface area contributed by atoms with Gasteiger partial charge in [0, 0.05) is 11.4 Å². The molecule has 14 heteroatoms. The predicted octanol–water partition coefficient (Wildman–Crippen LogP) is 10.2. The summed E-state index contributed by atoms with van der Waals surface area (Å²) in [7, 11) is 0. The van der Waals surface area contributed by atoms with E-state index < -0.39 is 59.8 Å². The highest BCUT2D eigenvalue weighted by atomic mass is 35.5. The van der Waals surface area contributed by atoms with Crippen molar-refractivity contribution in [3.63, 3.8) is 0 Å². The molecule has 2 heterocycles. The first kappa shape index (κ1) is 43.4. The molecule has 58 heavy (non-hydrogen) atoms. The SMILES string of the molecule is CCCCOC(=O)[C@H]1[C@@H](c2ccc(C)cc2)N2[C@@H](C(=O)OCCCC)[C@@H](C(=O)Nc3ccc(Cl)c(Cl)c3)[C@@H](c3ccc(C)cc3)N2[C@H]1C(=O)Nc1ccc(Cl)c(Cl)c1. The van der Waals surface area contributed by atoms with Crippen molar-refractivity contribution >= 4 is 81.5 Å². The minimum absolute atomic E-state index is 0.106. The number of fused-ring (bicyclic) bond motifs is 1. The molecule has 2 N–H and O–H groups in total. The number of benzene rings is 4. The minimum Gasteiger partial charge on any atom is -0.465 e. The van der Waals surface area contributed by atoms with Gasteiger partial charge in [0.05, 0.1) is 51.3 Å². The van der Waals surface area contributed by atoms with E-state index in [4.69, 9.17) is 55.9 Å². The molecule has 2 amide bonds. The number of hydrogen-bond acceptors (Lipinski definition) is 8. The molecule has 2 aliphatic rings. The van der Waals surface area contributed by atoms with Crippen LogP contribution in [0.4, 0.5) is 11.4 Å². The number of halogens is 4. The zero-order valence-corrected chi connectivity index (χ0v) is 35.7. The molecule has 0 aromatic heterocycles. The molecule has 10 nitrogen and oxygen atoms in total. The maximum atomic E-state index is 15.1. The van der Waals surface area contributed by atoms with Crippen LogP contribution in [0.1, 0.15) is 73.9 Å². The van der Waals surface area contributed by atoms with Crippen molar-refractivity contribution in [1.82, 2.24) is 10.0 Å². The summed E-state index contributed by atoms with van der Waals surface area (Å²) in [6.07, 6.45) is 2.73. The van der Waals surface area contributed by atoms with Gasteiger partial charge in [-0.15, -0.1) is 0 Å². The molecule has 0 bridgehead atoms. The Balaban J connectivity index is 1.60. The van der Waals surface area contributed by atoms with Crippen LogP contribution in [-0.2, 0) is 28.7 Å². The first-order chi connectivity index (χ1) is 27.8. The average Bonchev–Trinajstić information content (AvgIpc) is 3.72. The number of hydrazine groups is 1. The van der Waals surface area contributed by atoms with Gasteiger partial charge in [0.2, 0.25) is 11.8 Å². The van der Waals surface area contributed by atoms with Crippen molar-refractivity contribution in [3.8, 4) is 0 Å². The highest BCUT2D eigenvalue weighted by Gasteiger charge is 2.68. The van der Waals surface area contributed by atoms with E-state index >= 15 is 4.79 Å². The molecule has 6 atom stereocenters. The van der Waals surface area contributed by atoms with E-state index in [1.807, 2.05) is 76.2 Å². The Morgan fingerprint density at radius 2 is 0.983 bits per heavy atom. The van der Waals surface area contributed by atoms with E-state index in [1.165, 1.54) is 12.1 Å². The Morgan fingerprint density at radius 3 is 1.45 bits per heavy atom. The van der Waals surface area contributed by atoms with Crippen LogP contribution in [0.2, 0.25) is 20.1 Å². The summed E-state index contributed by atoms with van der Waals surface area (Å²) >= 11 is 25.2. The van der Waals surface area contributed by atoms with E-state index in [1.54, 1.807) is 34.3 Å². The molecular weight excluding hydrogens is 822 g/mol. The fourth-order valence-electron chi connectivity index (χ4n) is 7.66. The fourth-order valence-corrected chi connectivity index (χ4v) is 8.26. The molecule has 6 rings (SSSR count). The second-order valence-corrected chi connectivity index (χ2v) is 16.3. The Bertz CT molecular complexity index is 2140. The summed E-state index contributed by atoms with van der Waals surface area (Å²) < 4.78 is 11.9. The number of nitrogens with one attached hydrogen (secondary N) is 2. The number of ether oxygens (including phenoxy) is 2. The second-order valence-electron chi connectivity index (χ2n) is 14.7. The average molecular weight is 869 g/mol. The lowest BCUT2D eigenvalue weighted by molar-refractivity contribution is -0.158. The van der Waals surface area contributed by atoms with Crippen molar-refractivity contribution in [2.45, 2.75) is 77.5 Å². The molecule has 0 saturated carbocycles. The van der Waals surface area contributed by atoms with Crippen LogP contribution < -0.4 is 10.6 Å². The number of carbonyl (C=O) groups is 4. The fraction of sp³-hybridized carbons (Fsp3) is 0.364. The standard InChI is InChI=1S/C44H46Cl4N4O6/c1-5-7-21-57-43(55)36-38(28-15-11-26(4)12-16-28)52-40(44(56)58-22-8-6-2)35(41(53)49-29-17-19-31(45)33(47)23-29)37(27-13-9-25(3)10-14-27)51(52)39(36)42(54)50-30-18-20-32(46)34(48)24-30/h9-20,23-24,35-40H,5-8,21-22H2,1-4H3,(H,49,53)(H,50,54)/t35-,36-,37+,38+,39+,40+/m0/s1. The van der Waals surface area contributed by atoms with Crippen LogP contribution in [0, 0.1) is 25.7 Å². The van der Waals surface area contributed by atoms with Crippen molar-refractivity contribution in [2.24, 2.45) is 11.8 Å². The van der Waals surface area contributed by atoms with Crippen LogP contribution in [0.25, 0.3) is 0 Å². The van der Waals surface area contributed by atoms with Gasteiger partial charge < -0.3 is 20.1 Å². The summed E-state index contributed by atoms with van der Waals surface area (Å²) in [5.74, 6) is -4.79. The van der Waals surface area contributed by atoms with Crippen LogP contribution in [-0.4, -0.2) is 59.1 Å². The number of hydrogen-bond donors (Lipinski definition) is 2. The van der Waals surface area contributed by atoms with Crippen molar-refractivity contribution in [3.05, 3.63) is 127 Å². The highest BCUT2D eigenvalue weighted by molar-refractivity contribution is 6.42. The topological polar surface area (TPSA) is 117 Å². The molecule has 306 valence electrons. The summed E-state index contributed by atoms with van der Waals surface area (Å²) in [6.45, 7) is 8.08. The molecule has 0 radical (unpaired) electrons. The number of anilines is 2. The molecule has 4 aromatic carbocycles. The number of carbonyl (C=O) groups excluding carboxylic acids is 4. The third-order valence-electron chi connectivity index (χ3n) is 10.5. The minimum atomic E-state index is -1.31. The number of unbranched alkanes of at least 4 members (excludes halogenated alkanes) is 2. The molecular formula is C44H46Cl4N4O6. The molecule has 0 unspecified atom stereocenters. The summed E-state index contributed by atoms with van der Waals surface area (Å²) in [6, 6.07) is 19.9. The zero-order chi connectivity index (χ0) is 41.7. The van der Waals surface area contributed by atoms with Crippen LogP contribution in [0.3, 0.4) is 0 Å². The van der Waals surface area contributed by atoms with Gasteiger partial charge in [0.25, 0.3) is 0 Å². The summed E-state index contributed by atoms with van der Waals surface area (Å²) in [4.78, 5) is 59.5. The van der Waals surface area contributed by atoms with E-state index in [-0.39, 0.29) is 23.3 Å². The Kier molecular flexibility index (Phi) is 14.4. The van der Waals surface area contributed by atoms with E-state index in [0.29, 0.717) is 45.4 Å².